The Labute approximate surface area is 85.8 Å². The van der Waals surface area contributed by atoms with Crippen molar-refractivity contribution in [2.45, 2.75) is 45.1 Å². The first kappa shape index (κ1) is 11.5. The standard InChI is InChI=1S/C11H20O3/c1-3-14-11(12)8-9-5-4-6-10(7-9)13-2/h9-10H,3-8H2,1-2H3/t9-,10+/m1/s1. The van der Waals surface area contributed by atoms with E-state index >= 15 is 0 Å². The van der Waals surface area contributed by atoms with Crippen LogP contribution < -0.4 is 0 Å². The minimum Gasteiger partial charge on any atom is -0.466 e. The average molecular weight is 200 g/mol. The number of carbonyl (C=O) groups is 1. The average Bonchev–Trinajstić information content (AvgIpc) is 2.18. The van der Waals surface area contributed by atoms with Gasteiger partial charge in [0.2, 0.25) is 0 Å². The molecule has 3 heteroatoms. The van der Waals surface area contributed by atoms with Crippen LogP contribution in [0.15, 0.2) is 0 Å². The Morgan fingerprint density at radius 1 is 1.43 bits per heavy atom. The van der Waals surface area contributed by atoms with E-state index in [-0.39, 0.29) is 5.97 Å². The minimum absolute atomic E-state index is 0.0609. The highest BCUT2D eigenvalue weighted by Gasteiger charge is 2.23. The molecule has 82 valence electrons. The zero-order valence-corrected chi connectivity index (χ0v) is 9.12. The second-order valence-electron chi connectivity index (χ2n) is 3.90. The Bertz CT molecular complexity index is 179. The SMILES string of the molecule is CCOC(=O)C[C@@H]1CCC[C@H](OC)C1. The van der Waals surface area contributed by atoms with Crippen LogP contribution in [-0.2, 0) is 14.3 Å². The fraction of sp³-hybridized carbons (Fsp3) is 0.909. The summed E-state index contributed by atoms with van der Waals surface area (Å²) < 4.78 is 10.2. The van der Waals surface area contributed by atoms with Gasteiger partial charge >= 0.3 is 5.97 Å². The summed E-state index contributed by atoms with van der Waals surface area (Å²) in [5.74, 6) is 0.405. The summed E-state index contributed by atoms with van der Waals surface area (Å²) >= 11 is 0. The van der Waals surface area contributed by atoms with E-state index in [2.05, 4.69) is 0 Å². The van der Waals surface area contributed by atoms with Gasteiger partial charge in [0, 0.05) is 13.5 Å². The van der Waals surface area contributed by atoms with Crippen LogP contribution >= 0.6 is 0 Å². The van der Waals surface area contributed by atoms with Crippen molar-refractivity contribution in [3.05, 3.63) is 0 Å². The van der Waals surface area contributed by atoms with Crippen molar-refractivity contribution >= 4 is 5.97 Å². The molecule has 0 aromatic heterocycles. The van der Waals surface area contributed by atoms with E-state index in [0.29, 0.717) is 25.0 Å². The molecule has 0 spiro atoms. The summed E-state index contributed by atoms with van der Waals surface area (Å²) in [5.41, 5.74) is 0. The highest BCUT2D eigenvalue weighted by molar-refractivity contribution is 5.69. The van der Waals surface area contributed by atoms with Gasteiger partial charge in [-0.15, -0.1) is 0 Å². The van der Waals surface area contributed by atoms with Crippen LogP contribution in [0.2, 0.25) is 0 Å². The van der Waals surface area contributed by atoms with E-state index in [4.69, 9.17) is 9.47 Å². The summed E-state index contributed by atoms with van der Waals surface area (Å²) in [5, 5.41) is 0. The molecule has 3 nitrogen and oxygen atoms in total. The van der Waals surface area contributed by atoms with Crippen LogP contribution in [0.25, 0.3) is 0 Å². The monoisotopic (exact) mass is 200 g/mol. The van der Waals surface area contributed by atoms with Gasteiger partial charge < -0.3 is 9.47 Å². The van der Waals surface area contributed by atoms with Crippen LogP contribution in [-0.4, -0.2) is 25.8 Å². The Balaban J connectivity index is 2.26. The topological polar surface area (TPSA) is 35.5 Å². The molecule has 14 heavy (non-hydrogen) atoms. The number of ether oxygens (including phenoxy) is 2. The predicted octanol–water partition coefficient (Wildman–Crippen LogP) is 2.14. The van der Waals surface area contributed by atoms with Crippen molar-refractivity contribution in [1.82, 2.24) is 0 Å². The zero-order chi connectivity index (χ0) is 10.4. The highest BCUT2D eigenvalue weighted by Crippen LogP contribution is 2.28. The molecule has 0 aromatic carbocycles. The van der Waals surface area contributed by atoms with E-state index in [1.165, 1.54) is 6.42 Å². The first-order chi connectivity index (χ1) is 6.76. The van der Waals surface area contributed by atoms with Gasteiger partial charge in [-0.1, -0.05) is 6.42 Å². The molecule has 0 radical (unpaired) electrons. The molecule has 1 rings (SSSR count). The van der Waals surface area contributed by atoms with Gasteiger partial charge in [0.15, 0.2) is 0 Å². The van der Waals surface area contributed by atoms with Gasteiger partial charge in [-0.05, 0) is 32.1 Å². The van der Waals surface area contributed by atoms with Crippen LogP contribution in [0.1, 0.15) is 39.0 Å². The smallest absolute Gasteiger partial charge is 0.306 e. The second kappa shape index (κ2) is 6.02. The lowest BCUT2D eigenvalue weighted by Gasteiger charge is -2.27. The molecular weight excluding hydrogens is 180 g/mol. The molecule has 0 heterocycles. The van der Waals surface area contributed by atoms with E-state index in [1.807, 2.05) is 6.92 Å². The second-order valence-corrected chi connectivity index (χ2v) is 3.90. The summed E-state index contributed by atoms with van der Waals surface area (Å²) in [6.45, 7) is 2.33. The van der Waals surface area contributed by atoms with Gasteiger partial charge in [-0.3, -0.25) is 4.79 Å². The number of rotatable bonds is 4. The Morgan fingerprint density at radius 2 is 2.21 bits per heavy atom. The maximum Gasteiger partial charge on any atom is 0.306 e. The van der Waals surface area contributed by atoms with Crippen LogP contribution in [0.4, 0.5) is 0 Å². The van der Waals surface area contributed by atoms with Gasteiger partial charge in [0.25, 0.3) is 0 Å². The third-order valence-corrected chi connectivity index (χ3v) is 2.83. The van der Waals surface area contributed by atoms with Gasteiger partial charge in [-0.2, -0.15) is 0 Å². The number of hydrogen-bond acceptors (Lipinski definition) is 3. The number of methoxy groups -OCH3 is 1. The molecule has 0 saturated heterocycles. The van der Waals surface area contributed by atoms with Crippen LogP contribution in [0, 0.1) is 5.92 Å². The molecule has 0 bridgehead atoms. The Hall–Kier alpha value is -0.570. The molecule has 2 atom stereocenters. The van der Waals surface area contributed by atoms with Gasteiger partial charge in [0.1, 0.15) is 0 Å². The zero-order valence-electron chi connectivity index (χ0n) is 9.12. The molecule has 0 aromatic rings. The number of carbonyl (C=O) groups excluding carboxylic acids is 1. The third kappa shape index (κ3) is 3.66. The van der Waals surface area contributed by atoms with Gasteiger partial charge in [0.05, 0.1) is 12.7 Å². The molecule has 0 aliphatic heterocycles. The van der Waals surface area contributed by atoms with Crippen molar-refractivity contribution in [1.29, 1.82) is 0 Å². The van der Waals surface area contributed by atoms with Crippen molar-refractivity contribution in [3.63, 3.8) is 0 Å². The van der Waals surface area contributed by atoms with Crippen LogP contribution in [0.5, 0.6) is 0 Å². The third-order valence-electron chi connectivity index (χ3n) is 2.83. The number of esters is 1. The lowest BCUT2D eigenvalue weighted by atomic mass is 9.85. The summed E-state index contributed by atoms with van der Waals surface area (Å²) in [6, 6.07) is 0. The Morgan fingerprint density at radius 3 is 2.86 bits per heavy atom. The molecular formula is C11H20O3. The van der Waals surface area contributed by atoms with Crippen molar-refractivity contribution in [2.75, 3.05) is 13.7 Å². The highest BCUT2D eigenvalue weighted by atomic mass is 16.5. The molecule has 1 fully saturated rings. The molecule has 1 aliphatic rings. The summed E-state index contributed by atoms with van der Waals surface area (Å²) in [7, 11) is 1.75. The fourth-order valence-corrected chi connectivity index (χ4v) is 2.10. The van der Waals surface area contributed by atoms with E-state index in [0.717, 1.165) is 19.3 Å². The predicted molar refractivity (Wildman–Crippen MR) is 54.0 cm³/mol. The normalized spacial score (nSPS) is 27.3. The number of hydrogen-bond donors (Lipinski definition) is 0. The van der Waals surface area contributed by atoms with Crippen molar-refractivity contribution < 1.29 is 14.3 Å². The lowest BCUT2D eigenvalue weighted by molar-refractivity contribution is -0.144. The molecule has 0 amide bonds. The maximum atomic E-state index is 11.2. The summed E-state index contributed by atoms with van der Waals surface area (Å²) in [4.78, 5) is 11.2. The van der Waals surface area contributed by atoms with E-state index < -0.39 is 0 Å². The first-order valence-electron chi connectivity index (χ1n) is 5.44. The quantitative estimate of drug-likeness (QED) is 0.652. The van der Waals surface area contributed by atoms with Crippen LogP contribution in [0.3, 0.4) is 0 Å². The molecule has 1 saturated carbocycles. The van der Waals surface area contributed by atoms with Crippen molar-refractivity contribution in [3.8, 4) is 0 Å². The van der Waals surface area contributed by atoms with Gasteiger partial charge in [-0.25, -0.2) is 0 Å². The fourth-order valence-electron chi connectivity index (χ4n) is 2.10. The van der Waals surface area contributed by atoms with E-state index in [9.17, 15) is 4.79 Å². The van der Waals surface area contributed by atoms with E-state index in [1.54, 1.807) is 7.11 Å². The largest absolute Gasteiger partial charge is 0.466 e. The molecule has 1 aliphatic carbocycles. The molecule has 0 N–H and O–H groups in total. The minimum atomic E-state index is -0.0609. The summed E-state index contributed by atoms with van der Waals surface area (Å²) in [6.07, 6.45) is 5.36. The Kier molecular flexibility index (Phi) is 4.94. The molecule has 0 unspecified atom stereocenters. The van der Waals surface area contributed by atoms with Crippen molar-refractivity contribution in [2.24, 2.45) is 5.92 Å². The first-order valence-corrected chi connectivity index (χ1v) is 5.44. The maximum absolute atomic E-state index is 11.2. The lowest BCUT2D eigenvalue weighted by Crippen LogP contribution is -2.24.